The van der Waals surface area contributed by atoms with E-state index in [4.69, 9.17) is 5.73 Å². The Morgan fingerprint density at radius 3 is 2.71 bits per heavy atom. The predicted molar refractivity (Wildman–Crippen MR) is 72.9 cm³/mol. The first kappa shape index (κ1) is 11.8. The standard InChI is InChI=1S/C15H20N2/c1-12(13-8-4-3-5-9-13)17(2)15-11-7-6-10-14(15)16/h3-4,7-8,11H,1,5-6,9-10,16H2,2H3. The summed E-state index contributed by atoms with van der Waals surface area (Å²) in [5.41, 5.74) is 10.5. The molecule has 2 aliphatic carbocycles. The Labute approximate surface area is 103 Å². The van der Waals surface area contributed by atoms with Crippen LogP contribution < -0.4 is 5.73 Å². The van der Waals surface area contributed by atoms with E-state index in [1.165, 1.54) is 5.57 Å². The van der Waals surface area contributed by atoms with Gasteiger partial charge in [0.1, 0.15) is 0 Å². The molecule has 0 radical (unpaired) electrons. The zero-order valence-electron chi connectivity index (χ0n) is 10.4. The Balaban J connectivity index is 2.17. The highest BCUT2D eigenvalue weighted by molar-refractivity contribution is 5.39. The summed E-state index contributed by atoms with van der Waals surface area (Å²) >= 11 is 0. The molecule has 90 valence electrons. The molecule has 0 saturated carbocycles. The van der Waals surface area contributed by atoms with Crippen molar-refractivity contribution in [3.8, 4) is 0 Å². The molecule has 0 aromatic rings. The predicted octanol–water partition coefficient (Wildman–Crippen LogP) is 3.23. The summed E-state index contributed by atoms with van der Waals surface area (Å²) < 4.78 is 0. The molecule has 0 saturated heterocycles. The fraction of sp³-hybridized carbons (Fsp3) is 0.333. The van der Waals surface area contributed by atoms with Crippen LogP contribution >= 0.6 is 0 Å². The van der Waals surface area contributed by atoms with E-state index in [-0.39, 0.29) is 0 Å². The van der Waals surface area contributed by atoms with E-state index < -0.39 is 0 Å². The Kier molecular flexibility index (Phi) is 3.52. The molecule has 0 aromatic heterocycles. The van der Waals surface area contributed by atoms with Crippen LogP contribution in [-0.2, 0) is 0 Å². The third kappa shape index (κ3) is 2.52. The summed E-state index contributed by atoms with van der Waals surface area (Å²) in [4.78, 5) is 2.11. The Morgan fingerprint density at radius 2 is 2.06 bits per heavy atom. The van der Waals surface area contributed by atoms with Gasteiger partial charge in [0, 0.05) is 18.4 Å². The van der Waals surface area contributed by atoms with Crippen LogP contribution in [0.15, 0.2) is 59.6 Å². The monoisotopic (exact) mass is 228 g/mol. The molecule has 0 aliphatic heterocycles. The molecule has 0 spiro atoms. The summed E-state index contributed by atoms with van der Waals surface area (Å²) in [6.07, 6.45) is 14.9. The summed E-state index contributed by atoms with van der Waals surface area (Å²) in [7, 11) is 2.04. The van der Waals surface area contributed by atoms with E-state index in [1.54, 1.807) is 0 Å². The van der Waals surface area contributed by atoms with Gasteiger partial charge < -0.3 is 10.6 Å². The molecule has 17 heavy (non-hydrogen) atoms. The lowest BCUT2D eigenvalue weighted by atomic mass is 10.0. The maximum absolute atomic E-state index is 6.06. The molecule has 0 amide bonds. The largest absolute Gasteiger partial charge is 0.400 e. The van der Waals surface area contributed by atoms with Gasteiger partial charge in [0.2, 0.25) is 0 Å². The van der Waals surface area contributed by atoms with Crippen molar-refractivity contribution in [2.45, 2.75) is 25.7 Å². The van der Waals surface area contributed by atoms with Gasteiger partial charge in [-0.2, -0.15) is 0 Å². The van der Waals surface area contributed by atoms with Crippen molar-refractivity contribution in [2.24, 2.45) is 5.73 Å². The number of likely N-dealkylation sites (N-methyl/N-ethyl adjacent to an activating group) is 1. The number of nitrogens with two attached hydrogens (primary N) is 1. The van der Waals surface area contributed by atoms with E-state index in [0.717, 1.165) is 42.8 Å². The van der Waals surface area contributed by atoms with Crippen molar-refractivity contribution in [3.05, 3.63) is 59.6 Å². The lowest BCUT2D eigenvalue weighted by molar-refractivity contribution is 0.526. The van der Waals surface area contributed by atoms with E-state index in [9.17, 15) is 0 Å². The quantitative estimate of drug-likeness (QED) is 0.803. The molecular formula is C15H20N2. The second kappa shape index (κ2) is 5.09. The number of nitrogens with zero attached hydrogens (tertiary/aromatic N) is 1. The van der Waals surface area contributed by atoms with Gasteiger partial charge in [0.05, 0.1) is 5.70 Å². The lowest BCUT2D eigenvalue weighted by Crippen LogP contribution is -2.22. The first-order valence-electron chi connectivity index (χ1n) is 6.14. The van der Waals surface area contributed by atoms with E-state index in [0.29, 0.717) is 0 Å². The van der Waals surface area contributed by atoms with Gasteiger partial charge in [-0.15, -0.1) is 0 Å². The van der Waals surface area contributed by atoms with E-state index >= 15 is 0 Å². The van der Waals surface area contributed by atoms with Gasteiger partial charge in [0.15, 0.2) is 0 Å². The van der Waals surface area contributed by atoms with Crippen LogP contribution in [0.3, 0.4) is 0 Å². The summed E-state index contributed by atoms with van der Waals surface area (Å²) in [5.74, 6) is 0. The van der Waals surface area contributed by atoms with Crippen LogP contribution in [0, 0.1) is 0 Å². The lowest BCUT2D eigenvalue weighted by Gasteiger charge is -2.28. The number of hydrogen-bond donors (Lipinski definition) is 1. The smallest absolute Gasteiger partial charge is 0.0595 e. The molecule has 0 bridgehead atoms. The average Bonchev–Trinajstić information content (AvgIpc) is 2.39. The number of allylic oxidation sites excluding steroid dienone is 7. The van der Waals surface area contributed by atoms with E-state index in [1.807, 2.05) is 7.05 Å². The third-order valence-corrected chi connectivity index (χ3v) is 3.34. The highest BCUT2D eigenvalue weighted by Gasteiger charge is 2.15. The minimum absolute atomic E-state index is 0.947. The van der Waals surface area contributed by atoms with E-state index in [2.05, 4.69) is 41.9 Å². The fourth-order valence-electron chi connectivity index (χ4n) is 2.20. The van der Waals surface area contributed by atoms with Crippen LogP contribution in [0.5, 0.6) is 0 Å². The highest BCUT2D eigenvalue weighted by Crippen LogP contribution is 2.26. The second-order valence-electron chi connectivity index (χ2n) is 4.52. The maximum atomic E-state index is 6.06. The summed E-state index contributed by atoms with van der Waals surface area (Å²) in [6.45, 7) is 4.19. The SMILES string of the molecule is C=C(C1=CC=CCC1)N(C)C1=C(N)CCC=C1. The van der Waals surface area contributed by atoms with Crippen molar-refractivity contribution >= 4 is 0 Å². The second-order valence-corrected chi connectivity index (χ2v) is 4.52. The molecule has 0 heterocycles. The molecular weight excluding hydrogens is 208 g/mol. The molecule has 2 N–H and O–H groups in total. The summed E-state index contributed by atoms with van der Waals surface area (Å²) in [5, 5.41) is 0. The normalized spacial score (nSPS) is 19.2. The van der Waals surface area contributed by atoms with Gasteiger partial charge >= 0.3 is 0 Å². The van der Waals surface area contributed by atoms with Crippen LogP contribution in [0.25, 0.3) is 0 Å². The van der Waals surface area contributed by atoms with Crippen LogP contribution in [-0.4, -0.2) is 11.9 Å². The van der Waals surface area contributed by atoms with Crippen molar-refractivity contribution in [1.29, 1.82) is 0 Å². The molecule has 0 unspecified atom stereocenters. The first-order valence-corrected chi connectivity index (χ1v) is 6.14. The van der Waals surface area contributed by atoms with Crippen molar-refractivity contribution < 1.29 is 0 Å². The summed E-state index contributed by atoms with van der Waals surface area (Å²) in [6, 6.07) is 0. The zero-order chi connectivity index (χ0) is 12.3. The molecule has 0 fully saturated rings. The highest BCUT2D eigenvalue weighted by atomic mass is 15.1. The van der Waals surface area contributed by atoms with Gasteiger partial charge in [-0.3, -0.25) is 0 Å². The minimum atomic E-state index is 0.947. The molecule has 2 nitrogen and oxygen atoms in total. The van der Waals surface area contributed by atoms with Crippen LogP contribution in [0.2, 0.25) is 0 Å². The molecule has 2 aliphatic rings. The molecule has 0 aromatic carbocycles. The minimum Gasteiger partial charge on any atom is -0.400 e. The van der Waals surface area contributed by atoms with Crippen molar-refractivity contribution in [1.82, 2.24) is 4.90 Å². The van der Waals surface area contributed by atoms with Crippen LogP contribution in [0.4, 0.5) is 0 Å². The van der Waals surface area contributed by atoms with Crippen molar-refractivity contribution in [2.75, 3.05) is 7.05 Å². The number of rotatable bonds is 3. The van der Waals surface area contributed by atoms with Gasteiger partial charge in [0.25, 0.3) is 0 Å². The maximum Gasteiger partial charge on any atom is 0.0595 e. The average molecular weight is 228 g/mol. The fourth-order valence-corrected chi connectivity index (χ4v) is 2.20. The molecule has 2 rings (SSSR count). The van der Waals surface area contributed by atoms with Gasteiger partial charge in [-0.05, 0) is 37.3 Å². The van der Waals surface area contributed by atoms with Crippen LogP contribution in [0.1, 0.15) is 25.7 Å². The van der Waals surface area contributed by atoms with Crippen molar-refractivity contribution in [3.63, 3.8) is 0 Å². The molecule has 2 heteroatoms. The van der Waals surface area contributed by atoms with Gasteiger partial charge in [-0.1, -0.05) is 30.9 Å². The zero-order valence-corrected chi connectivity index (χ0v) is 10.4. The Hall–Kier alpha value is -1.70. The topological polar surface area (TPSA) is 29.3 Å². The first-order chi connectivity index (χ1) is 8.20. The van der Waals surface area contributed by atoms with Gasteiger partial charge in [-0.25, -0.2) is 0 Å². The molecule has 0 atom stereocenters. The Bertz CT molecular complexity index is 436. The third-order valence-electron chi connectivity index (χ3n) is 3.34. The number of hydrogen-bond acceptors (Lipinski definition) is 2. The Morgan fingerprint density at radius 1 is 1.29 bits per heavy atom.